The van der Waals surface area contributed by atoms with E-state index in [1.807, 2.05) is 37.3 Å². The van der Waals surface area contributed by atoms with Gasteiger partial charge in [0.1, 0.15) is 6.54 Å². The molecule has 6 heteroatoms. The highest BCUT2D eigenvalue weighted by Crippen LogP contribution is 2.24. The summed E-state index contributed by atoms with van der Waals surface area (Å²) < 4.78 is 7.86. The molecule has 3 aromatic rings. The SMILES string of the molecule is CCOC(=O)Cn1c(=NC(=O)c2ccccc2C)sc2cc(C(C)C)ccc21. The predicted octanol–water partition coefficient (Wildman–Crippen LogP) is 4.44. The van der Waals surface area contributed by atoms with Crippen LogP contribution in [0.4, 0.5) is 0 Å². The monoisotopic (exact) mass is 396 g/mol. The third kappa shape index (κ3) is 4.22. The van der Waals surface area contributed by atoms with Crippen LogP contribution < -0.4 is 4.80 Å². The molecule has 2 aromatic carbocycles. The van der Waals surface area contributed by atoms with Crippen LogP contribution in [0.2, 0.25) is 0 Å². The van der Waals surface area contributed by atoms with Gasteiger partial charge >= 0.3 is 5.97 Å². The van der Waals surface area contributed by atoms with Gasteiger partial charge in [0.2, 0.25) is 0 Å². The molecule has 1 heterocycles. The molecule has 0 aliphatic rings. The Hall–Kier alpha value is -2.73. The number of fused-ring (bicyclic) bond motifs is 1. The van der Waals surface area contributed by atoms with Gasteiger partial charge in [-0.2, -0.15) is 4.99 Å². The summed E-state index contributed by atoms with van der Waals surface area (Å²) in [5.74, 6) is -0.273. The van der Waals surface area contributed by atoms with Crippen molar-refractivity contribution in [2.45, 2.75) is 40.2 Å². The third-order valence-corrected chi connectivity index (χ3v) is 5.58. The van der Waals surface area contributed by atoms with Gasteiger partial charge in [0.25, 0.3) is 5.91 Å². The summed E-state index contributed by atoms with van der Waals surface area (Å²) in [5, 5.41) is 0. The van der Waals surface area contributed by atoms with E-state index in [1.54, 1.807) is 17.6 Å². The Morgan fingerprint density at radius 3 is 2.61 bits per heavy atom. The van der Waals surface area contributed by atoms with Gasteiger partial charge in [-0.25, -0.2) is 0 Å². The largest absolute Gasteiger partial charge is 0.465 e. The Bertz CT molecular complexity index is 1090. The number of esters is 1. The van der Waals surface area contributed by atoms with E-state index in [-0.39, 0.29) is 18.4 Å². The molecule has 146 valence electrons. The van der Waals surface area contributed by atoms with Crippen molar-refractivity contribution < 1.29 is 14.3 Å². The van der Waals surface area contributed by atoms with Crippen molar-refractivity contribution in [2.24, 2.45) is 4.99 Å². The normalized spacial score (nSPS) is 12.0. The molecule has 0 spiro atoms. The first-order valence-corrected chi connectivity index (χ1v) is 10.2. The molecule has 0 atom stereocenters. The average Bonchev–Trinajstić information content (AvgIpc) is 2.98. The van der Waals surface area contributed by atoms with Crippen molar-refractivity contribution in [2.75, 3.05) is 6.61 Å². The first-order chi connectivity index (χ1) is 13.4. The van der Waals surface area contributed by atoms with Gasteiger partial charge in [-0.1, -0.05) is 49.4 Å². The second-order valence-electron chi connectivity index (χ2n) is 6.89. The van der Waals surface area contributed by atoms with Gasteiger partial charge in [-0.3, -0.25) is 9.59 Å². The second-order valence-corrected chi connectivity index (χ2v) is 7.90. The van der Waals surface area contributed by atoms with Crippen molar-refractivity contribution in [1.82, 2.24) is 4.57 Å². The van der Waals surface area contributed by atoms with Crippen molar-refractivity contribution >= 4 is 33.4 Å². The second kappa shape index (κ2) is 8.52. The van der Waals surface area contributed by atoms with Crippen molar-refractivity contribution in [3.63, 3.8) is 0 Å². The number of hydrogen-bond donors (Lipinski definition) is 0. The maximum Gasteiger partial charge on any atom is 0.326 e. The molecule has 1 amide bonds. The van der Waals surface area contributed by atoms with E-state index in [0.717, 1.165) is 15.8 Å². The molecule has 5 nitrogen and oxygen atoms in total. The van der Waals surface area contributed by atoms with E-state index in [9.17, 15) is 9.59 Å². The number of thiazole rings is 1. The van der Waals surface area contributed by atoms with Gasteiger partial charge in [0, 0.05) is 5.56 Å². The predicted molar refractivity (Wildman–Crippen MR) is 112 cm³/mol. The van der Waals surface area contributed by atoms with Crippen molar-refractivity contribution in [1.29, 1.82) is 0 Å². The fourth-order valence-corrected chi connectivity index (χ4v) is 4.06. The lowest BCUT2D eigenvalue weighted by molar-refractivity contribution is -0.143. The molecule has 28 heavy (non-hydrogen) atoms. The molecule has 0 fully saturated rings. The first kappa shape index (κ1) is 20.0. The van der Waals surface area contributed by atoms with E-state index in [4.69, 9.17) is 4.74 Å². The number of carbonyl (C=O) groups excluding carboxylic acids is 2. The van der Waals surface area contributed by atoms with Crippen LogP contribution in [0.3, 0.4) is 0 Å². The molecular weight excluding hydrogens is 372 g/mol. The maximum absolute atomic E-state index is 12.8. The zero-order valence-electron chi connectivity index (χ0n) is 16.6. The summed E-state index contributed by atoms with van der Waals surface area (Å²) in [6.45, 7) is 8.26. The van der Waals surface area contributed by atoms with Crippen molar-refractivity contribution in [3.8, 4) is 0 Å². The zero-order chi connectivity index (χ0) is 20.3. The van der Waals surface area contributed by atoms with Crippen LogP contribution in [-0.2, 0) is 16.1 Å². The molecular formula is C22H24N2O3S. The van der Waals surface area contributed by atoms with Crippen LogP contribution in [0.1, 0.15) is 48.2 Å². The van der Waals surface area contributed by atoms with Gasteiger partial charge < -0.3 is 9.30 Å². The minimum Gasteiger partial charge on any atom is -0.465 e. The minimum atomic E-state index is -0.347. The Kier molecular flexibility index (Phi) is 6.09. The number of hydrogen-bond acceptors (Lipinski definition) is 4. The third-order valence-electron chi connectivity index (χ3n) is 4.54. The Morgan fingerprint density at radius 1 is 1.18 bits per heavy atom. The smallest absolute Gasteiger partial charge is 0.326 e. The average molecular weight is 397 g/mol. The highest BCUT2D eigenvalue weighted by atomic mass is 32.1. The number of rotatable bonds is 5. The first-order valence-electron chi connectivity index (χ1n) is 9.34. The number of aryl methyl sites for hydroxylation is 1. The molecule has 0 unspecified atom stereocenters. The number of amides is 1. The van der Waals surface area contributed by atoms with Gasteiger partial charge in [-0.05, 0) is 49.1 Å². The molecule has 3 rings (SSSR count). The maximum atomic E-state index is 12.8. The van der Waals surface area contributed by atoms with E-state index in [1.165, 1.54) is 16.9 Å². The summed E-state index contributed by atoms with van der Waals surface area (Å²) in [6, 6.07) is 13.5. The lowest BCUT2D eigenvalue weighted by Crippen LogP contribution is -2.23. The zero-order valence-corrected chi connectivity index (χ0v) is 17.4. The highest BCUT2D eigenvalue weighted by molar-refractivity contribution is 7.16. The Morgan fingerprint density at radius 2 is 1.93 bits per heavy atom. The molecule has 0 aliphatic heterocycles. The quantitative estimate of drug-likeness (QED) is 0.599. The highest BCUT2D eigenvalue weighted by Gasteiger charge is 2.14. The van der Waals surface area contributed by atoms with Crippen LogP contribution >= 0.6 is 11.3 Å². The molecule has 0 saturated heterocycles. The number of benzene rings is 2. The number of ether oxygens (including phenoxy) is 1. The molecule has 0 N–H and O–H groups in total. The van der Waals surface area contributed by atoms with Crippen LogP contribution in [0, 0.1) is 6.92 Å². The van der Waals surface area contributed by atoms with E-state index in [0.29, 0.717) is 22.9 Å². The Labute approximate surface area is 168 Å². The fraction of sp³-hybridized carbons (Fsp3) is 0.318. The van der Waals surface area contributed by atoms with Crippen molar-refractivity contribution in [3.05, 3.63) is 64.0 Å². The number of nitrogens with zero attached hydrogens (tertiary/aromatic N) is 2. The lowest BCUT2D eigenvalue weighted by atomic mass is 10.0. The fourth-order valence-electron chi connectivity index (χ4n) is 2.98. The summed E-state index contributed by atoms with van der Waals surface area (Å²) in [6.07, 6.45) is 0. The minimum absolute atomic E-state index is 0.0226. The molecule has 0 bridgehead atoms. The lowest BCUT2D eigenvalue weighted by Gasteiger charge is -2.07. The van der Waals surface area contributed by atoms with E-state index >= 15 is 0 Å². The van der Waals surface area contributed by atoms with Crippen LogP contribution in [0.15, 0.2) is 47.5 Å². The summed E-state index contributed by atoms with van der Waals surface area (Å²) >= 11 is 1.41. The summed E-state index contributed by atoms with van der Waals surface area (Å²) in [5.41, 5.74) is 3.51. The van der Waals surface area contributed by atoms with E-state index in [2.05, 4.69) is 24.9 Å². The van der Waals surface area contributed by atoms with Crippen LogP contribution in [0.25, 0.3) is 10.2 Å². The molecule has 1 aromatic heterocycles. The number of aromatic nitrogens is 1. The Balaban J connectivity index is 2.14. The number of carbonyl (C=O) groups is 2. The molecule has 0 saturated carbocycles. The summed E-state index contributed by atoms with van der Waals surface area (Å²) in [4.78, 5) is 29.7. The van der Waals surface area contributed by atoms with Gasteiger partial charge in [0.15, 0.2) is 4.80 Å². The van der Waals surface area contributed by atoms with Crippen LogP contribution in [0.5, 0.6) is 0 Å². The van der Waals surface area contributed by atoms with Gasteiger partial charge in [-0.15, -0.1) is 0 Å². The molecule has 0 aliphatic carbocycles. The van der Waals surface area contributed by atoms with Gasteiger partial charge in [0.05, 0.1) is 16.8 Å². The topological polar surface area (TPSA) is 60.7 Å². The standard InChI is InChI=1S/C22H24N2O3S/c1-5-27-20(25)13-24-18-11-10-16(14(2)3)12-19(18)28-22(24)23-21(26)17-9-7-6-8-15(17)4/h6-12,14H,5,13H2,1-4H3. The van der Waals surface area contributed by atoms with Crippen LogP contribution in [-0.4, -0.2) is 23.1 Å². The molecule has 0 radical (unpaired) electrons. The summed E-state index contributed by atoms with van der Waals surface area (Å²) in [7, 11) is 0. The van der Waals surface area contributed by atoms with E-state index < -0.39 is 0 Å².